The summed E-state index contributed by atoms with van der Waals surface area (Å²) in [7, 11) is 0. The van der Waals surface area contributed by atoms with E-state index < -0.39 is 5.97 Å². The molecule has 3 aromatic rings. The number of hydrogen-bond acceptors (Lipinski definition) is 6. The summed E-state index contributed by atoms with van der Waals surface area (Å²) in [6, 6.07) is 9.82. The van der Waals surface area contributed by atoms with E-state index in [-0.39, 0.29) is 11.8 Å². The van der Waals surface area contributed by atoms with Crippen LogP contribution in [0.4, 0.5) is 0 Å². The van der Waals surface area contributed by atoms with E-state index in [4.69, 9.17) is 5.11 Å². The Kier molecular flexibility index (Phi) is 4.85. The number of thioether (sulfide) groups is 1. The summed E-state index contributed by atoms with van der Waals surface area (Å²) in [6.45, 7) is 2.02. The number of carbonyl (C=O) groups is 1. The highest BCUT2D eigenvalue weighted by Gasteiger charge is 2.21. The molecule has 2 heterocycles. The lowest BCUT2D eigenvalue weighted by atomic mass is 10.1. The zero-order valence-electron chi connectivity index (χ0n) is 12.9. The van der Waals surface area contributed by atoms with E-state index in [1.54, 1.807) is 18.6 Å². The molecule has 1 unspecified atom stereocenters. The Morgan fingerprint density at radius 1 is 1.25 bits per heavy atom. The SMILES string of the molecule is CC(c1ccccc1)n1c(SCC(=O)O)nnc1-c1cnccn1. The molecule has 0 amide bonds. The first kappa shape index (κ1) is 16.1. The van der Waals surface area contributed by atoms with Crippen LogP contribution < -0.4 is 0 Å². The number of benzene rings is 1. The molecule has 8 heteroatoms. The summed E-state index contributed by atoms with van der Waals surface area (Å²) in [5.41, 5.74) is 1.66. The lowest BCUT2D eigenvalue weighted by Crippen LogP contribution is -2.11. The molecule has 0 spiro atoms. The summed E-state index contributed by atoms with van der Waals surface area (Å²) >= 11 is 1.14. The maximum atomic E-state index is 10.9. The third-order valence-corrected chi connectivity index (χ3v) is 4.38. The quantitative estimate of drug-likeness (QED) is 0.688. The van der Waals surface area contributed by atoms with E-state index >= 15 is 0 Å². The first-order valence-electron chi connectivity index (χ1n) is 7.27. The number of carboxylic acid groups (broad SMARTS) is 1. The van der Waals surface area contributed by atoms with Gasteiger partial charge in [-0.3, -0.25) is 14.3 Å². The average Bonchev–Trinajstić information content (AvgIpc) is 3.04. The van der Waals surface area contributed by atoms with Crippen molar-refractivity contribution in [2.75, 3.05) is 5.75 Å². The number of carboxylic acids is 1. The Morgan fingerprint density at radius 3 is 2.71 bits per heavy atom. The standard InChI is InChI=1S/C16H15N5O2S/c1-11(12-5-3-2-4-6-12)21-15(13-9-17-7-8-18-13)19-20-16(21)24-10-14(22)23/h2-9,11H,10H2,1H3,(H,22,23). The number of nitrogens with zero attached hydrogens (tertiary/aromatic N) is 5. The molecule has 0 bridgehead atoms. The Morgan fingerprint density at radius 2 is 2.04 bits per heavy atom. The van der Waals surface area contributed by atoms with Gasteiger partial charge in [0.05, 0.1) is 18.0 Å². The molecule has 122 valence electrons. The molecular weight excluding hydrogens is 326 g/mol. The summed E-state index contributed by atoms with van der Waals surface area (Å²) in [5, 5.41) is 17.8. The van der Waals surface area contributed by atoms with Gasteiger partial charge in [0.1, 0.15) is 5.69 Å². The monoisotopic (exact) mass is 341 g/mol. The molecule has 0 fully saturated rings. The van der Waals surface area contributed by atoms with Crippen LogP contribution >= 0.6 is 11.8 Å². The Hall–Kier alpha value is -2.74. The second kappa shape index (κ2) is 7.22. The molecule has 1 N–H and O–H groups in total. The van der Waals surface area contributed by atoms with Crippen LogP contribution in [0.2, 0.25) is 0 Å². The van der Waals surface area contributed by atoms with E-state index in [2.05, 4.69) is 20.2 Å². The van der Waals surface area contributed by atoms with Crippen molar-refractivity contribution in [2.24, 2.45) is 0 Å². The summed E-state index contributed by atoms with van der Waals surface area (Å²) in [4.78, 5) is 19.3. The largest absolute Gasteiger partial charge is 0.481 e. The van der Waals surface area contributed by atoms with E-state index in [1.807, 2.05) is 41.8 Å². The maximum Gasteiger partial charge on any atom is 0.313 e. The molecule has 1 aromatic carbocycles. The number of rotatable bonds is 6. The lowest BCUT2D eigenvalue weighted by Gasteiger charge is -2.18. The Bertz CT molecular complexity index is 823. The predicted octanol–water partition coefficient (Wildman–Crippen LogP) is 2.52. The van der Waals surface area contributed by atoms with Gasteiger partial charge in [-0.1, -0.05) is 42.1 Å². The van der Waals surface area contributed by atoms with Crippen LogP contribution in [-0.4, -0.2) is 41.6 Å². The minimum Gasteiger partial charge on any atom is -0.481 e. The van der Waals surface area contributed by atoms with Gasteiger partial charge in [-0.15, -0.1) is 10.2 Å². The van der Waals surface area contributed by atoms with Crippen molar-refractivity contribution < 1.29 is 9.90 Å². The van der Waals surface area contributed by atoms with E-state index in [9.17, 15) is 4.79 Å². The topological polar surface area (TPSA) is 93.8 Å². The predicted molar refractivity (Wildman–Crippen MR) is 89.7 cm³/mol. The normalized spacial score (nSPS) is 12.0. The van der Waals surface area contributed by atoms with Crippen molar-refractivity contribution in [3.05, 3.63) is 54.5 Å². The van der Waals surface area contributed by atoms with Crippen LogP contribution in [0.25, 0.3) is 11.5 Å². The smallest absolute Gasteiger partial charge is 0.313 e. The first-order chi connectivity index (χ1) is 11.7. The van der Waals surface area contributed by atoms with Crippen molar-refractivity contribution in [1.29, 1.82) is 0 Å². The van der Waals surface area contributed by atoms with Crippen LogP contribution in [0.5, 0.6) is 0 Å². The highest BCUT2D eigenvalue weighted by Crippen LogP contribution is 2.29. The molecule has 1 atom stereocenters. The Balaban J connectivity index is 2.05. The molecule has 7 nitrogen and oxygen atoms in total. The average molecular weight is 341 g/mol. The second-order valence-corrected chi connectivity index (χ2v) is 5.98. The summed E-state index contributed by atoms with van der Waals surface area (Å²) in [5.74, 6) is -0.421. The van der Waals surface area contributed by atoms with Gasteiger partial charge in [0, 0.05) is 12.4 Å². The van der Waals surface area contributed by atoms with Gasteiger partial charge >= 0.3 is 5.97 Å². The highest BCUT2D eigenvalue weighted by atomic mass is 32.2. The molecule has 0 aliphatic carbocycles. The van der Waals surface area contributed by atoms with E-state index in [0.717, 1.165) is 17.3 Å². The third kappa shape index (κ3) is 3.43. The molecule has 0 saturated heterocycles. The van der Waals surface area contributed by atoms with Crippen LogP contribution in [0.3, 0.4) is 0 Å². The van der Waals surface area contributed by atoms with E-state index in [0.29, 0.717) is 16.7 Å². The molecule has 0 radical (unpaired) electrons. The van der Waals surface area contributed by atoms with Gasteiger partial charge in [-0.05, 0) is 12.5 Å². The minimum absolute atomic E-state index is 0.0745. The van der Waals surface area contributed by atoms with Crippen molar-refractivity contribution in [1.82, 2.24) is 24.7 Å². The lowest BCUT2D eigenvalue weighted by molar-refractivity contribution is -0.133. The van der Waals surface area contributed by atoms with Gasteiger partial charge in [0.15, 0.2) is 11.0 Å². The summed E-state index contributed by atoms with van der Waals surface area (Å²) < 4.78 is 1.90. The molecule has 0 saturated carbocycles. The zero-order chi connectivity index (χ0) is 16.9. The van der Waals surface area contributed by atoms with Crippen LogP contribution in [0.15, 0.2) is 54.1 Å². The van der Waals surface area contributed by atoms with Gasteiger partial charge in [-0.2, -0.15) is 0 Å². The van der Waals surface area contributed by atoms with E-state index in [1.165, 1.54) is 0 Å². The number of hydrogen-bond donors (Lipinski definition) is 1. The fraction of sp³-hybridized carbons (Fsp3) is 0.188. The van der Waals surface area contributed by atoms with Gasteiger partial charge in [-0.25, -0.2) is 4.98 Å². The fourth-order valence-electron chi connectivity index (χ4n) is 2.32. The Labute approximate surface area is 142 Å². The van der Waals surface area contributed by atoms with Crippen molar-refractivity contribution in [2.45, 2.75) is 18.1 Å². The number of aliphatic carboxylic acids is 1. The minimum atomic E-state index is -0.900. The molecule has 3 rings (SSSR count). The highest BCUT2D eigenvalue weighted by molar-refractivity contribution is 7.99. The molecular formula is C16H15N5O2S. The molecule has 0 aliphatic heterocycles. The molecule has 2 aromatic heterocycles. The van der Waals surface area contributed by atoms with Gasteiger partial charge < -0.3 is 5.11 Å². The zero-order valence-corrected chi connectivity index (χ0v) is 13.7. The van der Waals surface area contributed by atoms with Crippen LogP contribution in [0.1, 0.15) is 18.5 Å². The van der Waals surface area contributed by atoms with Crippen LogP contribution in [0, 0.1) is 0 Å². The van der Waals surface area contributed by atoms with Crippen molar-refractivity contribution in [3.8, 4) is 11.5 Å². The second-order valence-electron chi connectivity index (χ2n) is 5.04. The fourth-order valence-corrected chi connectivity index (χ4v) is 3.06. The van der Waals surface area contributed by atoms with Crippen molar-refractivity contribution >= 4 is 17.7 Å². The third-order valence-electron chi connectivity index (χ3n) is 3.45. The number of aromatic nitrogens is 5. The molecule has 0 aliphatic rings. The van der Waals surface area contributed by atoms with Crippen molar-refractivity contribution in [3.63, 3.8) is 0 Å². The van der Waals surface area contributed by atoms with Crippen LogP contribution in [-0.2, 0) is 4.79 Å². The maximum absolute atomic E-state index is 10.9. The van der Waals surface area contributed by atoms with Gasteiger partial charge in [0.25, 0.3) is 0 Å². The van der Waals surface area contributed by atoms with Gasteiger partial charge in [0.2, 0.25) is 0 Å². The summed E-state index contributed by atoms with van der Waals surface area (Å²) in [6.07, 6.45) is 4.79. The molecule has 24 heavy (non-hydrogen) atoms. The first-order valence-corrected chi connectivity index (χ1v) is 8.26.